The number of amides is 2. The molecule has 3 N–H and O–H groups in total. The second-order valence-corrected chi connectivity index (χ2v) is 7.07. The van der Waals surface area contributed by atoms with Crippen molar-refractivity contribution in [1.29, 1.82) is 0 Å². The van der Waals surface area contributed by atoms with Crippen LogP contribution in [0.25, 0.3) is 0 Å². The molecule has 0 fully saturated rings. The van der Waals surface area contributed by atoms with Crippen molar-refractivity contribution < 1.29 is 9.59 Å². The van der Waals surface area contributed by atoms with Gasteiger partial charge in [0.05, 0.1) is 12.6 Å². The SMILES string of the molecule is Cc1cccc(C)c1NC(=O)CNC(=O)[C@H](C)N[C@H](C)c1ccccc1Cl. The number of carbonyl (C=O) groups is 2. The Kier molecular flexibility index (Phi) is 7.39. The Labute approximate surface area is 165 Å². The lowest BCUT2D eigenvalue weighted by Crippen LogP contribution is -2.45. The lowest BCUT2D eigenvalue weighted by Gasteiger charge is -2.21. The predicted octanol–water partition coefficient (Wildman–Crippen LogP) is 3.75. The molecule has 0 saturated heterocycles. The largest absolute Gasteiger partial charge is 0.346 e. The summed E-state index contributed by atoms with van der Waals surface area (Å²) in [7, 11) is 0. The van der Waals surface area contributed by atoms with E-state index in [1.54, 1.807) is 6.92 Å². The average Bonchev–Trinajstić information content (AvgIpc) is 2.63. The van der Waals surface area contributed by atoms with E-state index in [4.69, 9.17) is 11.6 Å². The highest BCUT2D eigenvalue weighted by atomic mass is 35.5. The van der Waals surface area contributed by atoms with Crippen molar-refractivity contribution >= 4 is 29.1 Å². The van der Waals surface area contributed by atoms with Gasteiger partial charge in [0, 0.05) is 16.8 Å². The van der Waals surface area contributed by atoms with Crippen molar-refractivity contribution in [3.05, 3.63) is 64.2 Å². The first-order valence-electron chi connectivity index (χ1n) is 8.94. The fourth-order valence-electron chi connectivity index (χ4n) is 2.88. The molecule has 0 heterocycles. The third kappa shape index (κ3) is 5.81. The van der Waals surface area contributed by atoms with Crippen molar-refractivity contribution in [2.45, 2.75) is 39.8 Å². The Hall–Kier alpha value is -2.37. The number of halogens is 1. The predicted molar refractivity (Wildman–Crippen MR) is 110 cm³/mol. The third-order valence-electron chi connectivity index (χ3n) is 4.43. The standard InChI is InChI=1S/C21H26ClN3O2/c1-13-8-7-9-14(2)20(13)25-19(26)12-23-21(27)16(4)24-15(3)17-10-5-6-11-18(17)22/h5-11,15-16,24H,12H2,1-4H3,(H,23,27)(H,25,26)/t15-,16+/m1/s1. The molecule has 0 aliphatic heterocycles. The van der Waals surface area contributed by atoms with E-state index in [0.29, 0.717) is 5.02 Å². The Morgan fingerprint density at radius 1 is 1.00 bits per heavy atom. The number of aryl methyl sites for hydroxylation is 2. The highest BCUT2D eigenvalue weighted by Crippen LogP contribution is 2.22. The molecule has 0 unspecified atom stereocenters. The van der Waals surface area contributed by atoms with Gasteiger partial charge in [0.25, 0.3) is 0 Å². The van der Waals surface area contributed by atoms with Crippen LogP contribution in [-0.4, -0.2) is 24.4 Å². The first-order chi connectivity index (χ1) is 12.8. The third-order valence-corrected chi connectivity index (χ3v) is 4.78. The van der Waals surface area contributed by atoms with Crippen molar-refractivity contribution in [2.24, 2.45) is 0 Å². The molecule has 0 aromatic heterocycles. The summed E-state index contributed by atoms with van der Waals surface area (Å²) in [6, 6.07) is 12.8. The Balaban J connectivity index is 1.86. The van der Waals surface area contributed by atoms with Crippen molar-refractivity contribution in [3.63, 3.8) is 0 Å². The van der Waals surface area contributed by atoms with Gasteiger partial charge in [-0.3, -0.25) is 14.9 Å². The van der Waals surface area contributed by atoms with Crippen LogP contribution in [0.5, 0.6) is 0 Å². The van der Waals surface area contributed by atoms with Crippen LogP contribution in [0.1, 0.15) is 36.6 Å². The minimum absolute atomic E-state index is 0.0842. The van der Waals surface area contributed by atoms with E-state index in [0.717, 1.165) is 22.4 Å². The number of hydrogen-bond donors (Lipinski definition) is 3. The van der Waals surface area contributed by atoms with Crippen LogP contribution in [-0.2, 0) is 9.59 Å². The smallest absolute Gasteiger partial charge is 0.243 e. The zero-order valence-corrected chi connectivity index (χ0v) is 16.9. The van der Waals surface area contributed by atoms with Gasteiger partial charge >= 0.3 is 0 Å². The van der Waals surface area contributed by atoms with Crippen LogP contribution in [0.3, 0.4) is 0 Å². The minimum Gasteiger partial charge on any atom is -0.346 e. The maximum Gasteiger partial charge on any atom is 0.243 e. The van der Waals surface area contributed by atoms with Gasteiger partial charge in [-0.05, 0) is 50.5 Å². The topological polar surface area (TPSA) is 70.2 Å². The molecule has 2 aromatic carbocycles. The van der Waals surface area contributed by atoms with Crippen LogP contribution in [0, 0.1) is 13.8 Å². The molecule has 27 heavy (non-hydrogen) atoms. The number of anilines is 1. The summed E-state index contributed by atoms with van der Waals surface area (Å²) in [5.41, 5.74) is 3.68. The number of rotatable bonds is 7. The molecule has 2 amide bonds. The number of carbonyl (C=O) groups excluding carboxylic acids is 2. The van der Waals surface area contributed by atoms with Crippen LogP contribution < -0.4 is 16.0 Å². The molecule has 0 radical (unpaired) electrons. The van der Waals surface area contributed by atoms with E-state index >= 15 is 0 Å². The van der Waals surface area contributed by atoms with E-state index < -0.39 is 6.04 Å². The van der Waals surface area contributed by atoms with Gasteiger partial charge in [-0.15, -0.1) is 0 Å². The first kappa shape index (κ1) is 20.9. The monoisotopic (exact) mass is 387 g/mol. The van der Waals surface area contributed by atoms with E-state index in [-0.39, 0.29) is 24.4 Å². The molecular formula is C21H26ClN3O2. The summed E-state index contributed by atoms with van der Waals surface area (Å²) in [4.78, 5) is 24.5. The molecular weight excluding hydrogens is 362 g/mol. The second kappa shape index (κ2) is 9.53. The van der Waals surface area contributed by atoms with Gasteiger partial charge in [-0.2, -0.15) is 0 Å². The lowest BCUT2D eigenvalue weighted by atomic mass is 10.1. The van der Waals surface area contributed by atoms with Crippen LogP contribution in [0.2, 0.25) is 5.02 Å². The highest BCUT2D eigenvalue weighted by molar-refractivity contribution is 6.31. The molecule has 2 rings (SSSR count). The fourth-order valence-corrected chi connectivity index (χ4v) is 3.18. The number of para-hydroxylation sites is 1. The van der Waals surface area contributed by atoms with Crippen molar-refractivity contribution in [2.75, 3.05) is 11.9 Å². The molecule has 0 bridgehead atoms. The molecule has 2 atom stereocenters. The zero-order valence-electron chi connectivity index (χ0n) is 16.1. The summed E-state index contributed by atoms with van der Waals surface area (Å²) in [6.07, 6.45) is 0. The van der Waals surface area contributed by atoms with Gasteiger partial charge in [-0.1, -0.05) is 48.0 Å². The van der Waals surface area contributed by atoms with Crippen molar-refractivity contribution in [3.8, 4) is 0 Å². The van der Waals surface area contributed by atoms with Crippen LogP contribution in [0.15, 0.2) is 42.5 Å². The summed E-state index contributed by atoms with van der Waals surface area (Å²) in [5, 5.41) is 9.37. The summed E-state index contributed by atoms with van der Waals surface area (Å²) >= 11 is 6.19. The second-order valence-electron chi connectivity index (χ2n) is 6.66. The molecule has 144 valence electrons. The molecule has 6 heteroatoms. The highest BCUT2D eigenvalue weighted by Gasteiger charge is 2.18. The first-order valence-corrected chi connectivity index (χ1v) is 9.31. The summed E-state index contributed by atoms with van der Waals surface area (Å²) in [5.74, 6) is -0.502. The molecule has 0 aliphatic rings. The number of nitrogens with one attached hydrogen (secondary N) is 3. The van der Waals surface area contributed by atoms with Gasteiger partial charge < -0.3 is 10.6 Å². The van der Waals surface area contributed by atoms with Gasteiger partial charge in [-0.25, -0.2) is 0 Å². The van der Waals surface area contributed by atoms with Gasteiger partial charge in [0.1, 0.15) is 0 Å². The van der Waals surface area contributed by atoms with E-state index in [1.165, 1.54) is 0 Å². The molecule has 0 aliphatic carbocycles. The van der Waals surface area contributed by atoms with Crippen LogP contribution in [0.4, 0.5) is 5.69 Å². The minimum atomic E-state index is -0.468. The maximum absolute atomic E-state index is 12.3. The summed E-state index contributed by atoms with van der Waals surface area (Å²) in [6.45, 7) is 7.48. The molecule has 5 nitrogen and oxygen atoms in total. The molecule has 0 spiro atoms. The van der Waals surface area contributed by atoms with Crippen LogP contribution >= 0.6 is 11.6 Å². The Morgan fingerprint density at radius 2 is 1.63 bits per heavy atom. The summed E-state index contributed by atoms with van der Waals surface area (Å²) < 4.78 is 0. The van der Waals surface area contributed by atoms with E-state index in [1.807, 2.05) is 63.2 Å². The van der Waals surface area contributed by atoms with E-state index in [2.05, 4.69) is 16.0 Å². The quantitative estimate of drug-likeness (QED) is 0.677. The Bertz CT molecular complexity index is 803. The molecule has 2 aromatic rings. The zero-order chi connectivity index (χ0) is 20.0. The normalized spacial score (nSPS) is 12.9. The average molecular weight is 388 g/mol. The van der Waals surface area contributed by atoms with E-state index in [9.17, 15) is 9.59 Å². The molecule has 0 saturated carbocycles. The van der Waals surface area contributed by atoms with Gasteiger partial charge in [0.2, 0.25) is 11.8 Å². The maximum atomic E-state index is 12.3. The van der Waals surface area contributed by atoms with Crippen molar-refractivity contribution in [1.82, 2.24) is 10.6 Å². The fraction of sp³-hybridized carbons (Fsp3) is 0.333. The number of hydrogen-bond acceptors (Lipinski definition) is 3. The lowest BCUT2D eigenvalue weighted by molar-refractivity contribution is -0.125. The van der Waals surface area contributed by atoms with Gasteiger partial charge in [0.15, 0.2) is 0 Å². The Morgan fingerprint density at radius 3 is 2.26 bits per heavy atom. The number of benzene rings is 2.